The summed E-state index contributed by atoms with van der Waals surface area (Å²) in [6.45, 7) is 0.689. The normalized spacial score (nSPS) is 25.3. The minimum Gasteiger partial charge on any atom is -0.479 e. The lowest BCUT2D eigenvalue weighted by atomic mass is 10.0. The van der Waals surface area contributed by atoms with Crippen molar-refractivity contribution >= 4 is 17.6 Å². The van der Waals surface area contributed by atoms with Crippen molar-refractivity contribution in [2.45, 2.75) is 12.2 Å². The molecule has 2 atom stereocenters. The van der Waals surface area contributed by atoms with Crippen LogP contribution in [0, 0.1) is 0 Å². The molecule has 0 saturated carbocycles. The molecular weight excluding hydrogens is 232 g/mol. The zero-order chi connectivity index (χ0) is 11.5. The molecule has 4 nitrogen and oxygen atoms in total. The summed E-state index contributed by atoms with van der Waals surface area (Å²) in [5.74, 6) is -1.02. The van der Waals surface area contributed by atoms with Crippen molar-refractivity contribution in [3.8, 4) is 0 Å². The third kappa shape index (κ3) is 2.35. The Morgan fingerprint density at radius 3 is 2.81 bits per heavy atom. The molecule has 2 rings (SSSR count). The van der Waals surface area contributed by atoms with E-state index in [-0.39, 0.29) is 0 Å². The number of halogens is 1. The smallest absolute Gasteiger partial charge is 0.335 e. The molecule has 1 heterocycles. The van der Waals surface area contributed by atoms with Crippen LogP contribution in [0.1, 0.15) is 11.7 Å². The maximum atomic E-state index is 11.0. The molecule has 5 heteroatoms. The van der Waals surface area contributed by atoms with Gasteiger partial charge in [0.1, 0.15) is 6.10 Å². The molecule has 0 aliphatic carbocycles. The summed E-state index contributed by atoms with van der Waals surface area (Å²) in [7, 11) is 0. The van der Waals surface area contributed by atoms with Gasteiger partial charge in [-0.1, -0.05) is 23.7 Å². The standard InChI is InChI=1S/C11H11ClO4/c12-8-3-1-2-7(6-8)9-10(11(13)14)16-5-4-15-9/h1-3,6,9-10H,4-5H2,(H,13,14). The molecule has 0 radical (unpaired) electrons. The molecule has 1 aromatic carbocycles. The molecule has 1 saturated heterocycles. The van der Waals surface area contributed by atoms with E-state index >= 15 is 0 Å². The van der Waals surface area contributed by atoms with Gasteiger partial charge in [-0.2, -0.15) is 0 Å². The number of benzene rings is 1. The van der Waals surface area contributed by atoms with Crippen LogP contribution in [0.15, 0.2) is 24.3 Å². The molecule has 0 amide bonds. The van der Waals surface area contributed by atoms with E-state index in [9.17, 15) is 4.79 Å². The summed E-state index contributed by atoms with van der Waals surface area (Å²) < 4.78 is 10.6. The van der Waals surface area contributed by atoms with Gasteiger partial charge in [-0.05, 0) is 17.7 Å². The van der Waals surface area contributed by atoms with Gasteiger partial charge in [0.2, 0.25) is 0 Å². The topological polar surface area (TPSA) is 55.8 Å². The summed E-state index contributed by atoms with van der Waals surface area (Å²) in [6.07, 6.45) is -1.56. The monoisotopic (exact) mass is 242 g/mol. The molecule has 1 aliphatic heterocycles. The second-order valence-electron chi connectivity index (χ2n) is 3.48. The van der Waals surface area contributed by atoms with Crippen molar-refractivity contribution in [2.75, 3.05) is 13.2 Å². The fourth-order valence-electron chi connectivity index (χ4n) is 1.68. The van der Waals surface area contributed by atoms with Crippen molar-refractivity contribution in [1.82, 2.24) is 0 Å². The number of ether oxygens (including phenoxy) is 2. The Balaban J connectivity index is 2.26. The Morgan fingerprint density at radius 1 is 1.38 bits per heavy atom. The van der Waals surface area contributed by atoms with Crippen molar-refractivity contribution < 1.29 is 19.4 Å². The number of hydrogen-bond donors (Lipinski definition) is 1. The fraction of sp³-hybridized carbons (Fsp3) is 0.364. The quantitative estimate of drug-likeness (QED) is 0.860. The first kappa shape index (κ1) is 11.4. The van der Waals surface area contributed by atoms with E-state index in [0.717, 1.165) is 5.56 Å². The Morgan fingerprint density at radius 2 is 2.12 bits per heavy atom. The van der Waals surface area contributed by atoms with Crippen LogP contribution in [0.3, 0.4) is 0 Å². The SMILES string of the molecule is O=C(O)C1OCCOC1c1cccc(Cl)c1. The Labute approximate surface area is 97.7 Å². The van der Waals surface area contributed by atoms with Crippen LogP contribution in [0.2, 0.25) is 5.02 Å². The van der Waals surface area contributed by atoms with E-state index in [1.54, 1.807) is 24.3 Å². The number of aliphatic carboxylic acids is 1. The van der Waals surface area contributed by atoms with Crippen LogP contribution in [0.25, 0.3) is 0 Å². The third-order valence-corrected chi connectivity index (χ3v) is 2.61. The molecule has 0 aromatic heterocycles. The highest BCUT2D eigenvalue weighted by molar-refractivity contribution is 6.30. The summed E-state index contributed by atoms with van der Waals surface area (Å²) in [6, 6.07) is 6.96. The van der Waals surface area contributed by atoms with Gasteiger partial charge < -0.3 is 14.6 Å². The Kier molecular flexibility index (Phi) is 3.43. The number of rotatable bonds is 2. The van der Waals surface area contributed by atoms with Crippen LogP contribution >= 0.6 is 11.6 Å². The summed E-state index contributed by atoms with van der Waals surface area (Å²) >= 11 is 5.85. The minimum absolute atomic E-state index is 0.300. The van der Waals surface area contributed by atoms with Crippen LogP contribution < -0.4 is 0 Å². The maximum absolute atomic E-state index is 11.0. The minimum atomic E-state index is -1.02. The fourth-order valence-corrected chi connectivity index (χ4v) is 1.88. The number of carboxylic acid groups (broad SMARTS) is 1. The zero-order valence-corrected chi connectivity index (χ0v) is 9.18. The van der Waals surface area contributed by atoms with Gasteiger partial charge in [0.15, 0.2) is 6.10 Å². The van der Waals surface area contributed by atoms with E-state index in [2.05, 4.69) is 0 Å². The molecule has 1 aromatic rings. The van der Waals surface area contributed by atoms with E-state index in [0.29, 0.717) is 18.2 Å². The van der Waals surface area contributed by atoms with Crippen LogP contribution in [-0.4, -0.2) is 30.4 Å². The lowest BCUT2D eigenvalue weighted by Gasteiger charge is -2.29. The predicted octanol–water partition coefficient (Wildman–Crippen LogP) is 1.88. The number of carboxylic acids is 1. The van der Waals surface area contributed by atoms with Crippen molar-refractivity contribution in [3.63, 3.8) is 0 Å². The summed E-state index contributed by atoms with van der Waals surface area (Å²) in [4.78, 5) is 11.0. The van der Waals surface area contributed by atoms with Gasteiger partial charge in [-0.15, -0.1) is 0 Å². The van der Waals surface area contributed by atoms with Gasteiger partial charge in [-0.25, -0.2) is 4.79 Å². The molecule has 1 N–H and O–H groups in total. The van der Waals surface area contributed by atoms with Gasteiger partial charge in [0.25, 0.3) is 0 Å². The van der Waals surface area contributed by atoms with Crippen LogP contribution in [0.4, 0.5) is 0 Å². The van der Waals surface area contributed by atoms with E-state index in [1.165, 1.54) is 0 Å². The highest BCUT2D eigenvalue weighted by Gasteiger charge is 2.34. The highest BCUT2D eigenvalue weighted by atomic mass is 35.5. The van der Waals surface area contributed by atoms with Crippen LogP contribution in [0.5, 0.6) is 0 Å². The lowest BCUT2D eigenvalue weighted by Crippen LogP contribution is -2.38. The van der Waals surface area contributed by atoms with Crippen molar-refractivity contribution in [1.29, 1.82) is 0 Å². The molecule has 86 valence electrons. The van der Waals surface area contributed by atoms with Gasteiger partial charge in [-0.3, -0.25) is 0 Å². The molecule has 1 fully saturated rings. The Bertz CT molecular complexity index is 393. The van der Waals surface area contributed by atoms with E-state index in [4.69, 9.17) is 26.2 Å². The molecule has 1 aliphatic rings. The first-order valence-corrected chi connectivity index (χ1v) is 5.28. The highest BCUT2D eigenvalue weighted by Crippen LogP contribution is 2.28. The first-order valence-electron chi connectivity index (χ1n) is 4.90. The van der Waals surface area contributed by atoms with Crippen molar-refractivity contribution in [3.05, 3.63) is 34.9 Å². The molecule has 2 unspecified atom stereocenters. The van der Waals surface area contributed by atoms with Gasteiger partial charge in [0.05, 0.1) is 13.2 Å². The van der Waals surface area contributed by atoms with Gasteiger partial charge >= 0.3 is 5.97 Å². The average Bonchev–Trinajstić information content (AvgIpc) is 2.29. The lowest BCUT2D eigenvalue weighted by molar-refractivity contribution is -0.181. The van der Waals surface area contributed by atoms with Crippen molar-refractivity contribution in [2.24, 2.45) is 0 Å². The molecule has 0 bridgehead atoms. The van der Waals surface area contributed by atoms with Crippen LogP contribution in [-0.2, 0) is 14.3 Å². The largest absolute Gasteiger partial charge is 0.479 e. The van der Waals surface area contributed by atoms with E-state index < -0.39 is 18.2 Å². The molecule has 0 spiro atoms. The summed E-state index contributed by atoms with van der Waals surface area (Å²) in [5, 5.41) is 9.55. The molecule has 16 heavy (non-hydrogen) atoms. The predicted molar refractivity (Wildman–Crippen MR) is 57.5 cm³/mol. The summed E-state index contributed by atoms with van der Waals surface area (Å²) in [5.41, 5.74) is 0.722. The maximum Gasteiger partial charge on any atom is 0.335 e. The Hall–Kier alpha value is -1.10. The van der Waals surface area contributed by atoms with E-state index in [1.807, 2.05) is 0 Å². The third-order valence-electron chi connectivity index (χ3n) is 2.37. The average molecular weight is 243 g/mol. The number of carbonyl (C=O) groups is 1. The second kappa shape index (κ2) is 4.82. The first-order chi connectivity index (χ1) is 7.68. The molecular formula is C11H11ClO4. The number of hydrogen-bond acceptors (Lipinski definition) is 3. The zero-order valence-electron chi connectivity index (χ0n) is 8.43. The van der Waals surface area contributed by atoms with Gasteiger partial charge in [0, 0.05) is 5.02 Å². The second-order valence-corrected chi connectivity index (χ2v) is 3.91.